The molecule has 3 heterocycles. The second-order valence-electron chi connectivity index (χ2n) is 6.31. The highest BCUT2D eigenvalue weighted by molar-refractivity contribution is 5.84. The lowest BCUT2D eigenvalue weighted by atomic mass is 10.2. The van der Waals surface area contributed by atoms with Crippen molar-refractivity contribution in [3.8, 4) is 0 Å². The minimum absolute atomic E-state index is 0.000351. The number of aryl methyl sites for hydroxylation is 1. The minimum atomic E-state index is -0.0922. The lowest BCUT2D eigenvalue weighted by Gasteiger charge is -2.24. The van der Waals surface area contributed by atoms with Crippen LogP contribution in [0.4, 0.5) is 0 Å². The summed E-state index contributed by atoms with van der Waals surface area (Å²) < 4.78 is 2.22. The number of hydrogen-bond acceptors (Lipinski definition) is 4. The van der Waals surface area contributed by atoms with Gasteiger partial charge in [-0.25, -0.2) is 0 Å². The van der Waals surface area contributed by atoms with E-state index in [0.29, 0.717) is 6.42 Å². The molecule has 3 rings (SSSR count). The topological polar surface area (TPSA) is 80.1 Å². The van der Waals surface area contributed by atoms with Gasteiger partial charge in [-0.3, -0.25) is 9.59 Å². The SMILES string of the molecule is CCC(=O)NCC(=O)N1CCCC1c1nnc2n1CCCCC2. The molecule has 0 saturated carbocycles. The Balaban J connectivity index is 1.73. The fourth-order valence-corrected chi connectivity index (χ4v) is 3.49. The summed E-state index contributed by atoms with van der Waals surface area (Å²) in [4.78, 5) is 25.7. The third-order valence-electron chi connectivity index (χ3n) is 4.77. The van der Waals surface area contributed by atoms with Gasteiger partial charge in [0.15, 0.2) is 5.82 Å². The van der Waals surface area contributed by atoms with Crippen LogP contribution >= 0.6 is 0 Å². The Labute approximate surface area is 136 Å². The smallest absolute Gasteiger partial charge is 0.242 e. The molecule has 1 N–H and O–H groups in total. The standard InChI is InChI=1S/C16H25N5O2/c1-2-14(22)17-11-15(23)20-10-6-7-12(20)16-19-18-13-8-4-3-5-9-21(13)16/h12H,2-11H2,1H3,(H,17,22). The van der Waals surface area contributed by atoms with E-state index in [1.54, 1.807) is 6.92 Å². The number of likely N-dealkylation sites (tertiary alicyclic amines) is 1. The summed E-state index contributed by atoms with van der Waals surface area (Å²) in [6.45, 7) is 3.53. The number of amides is 2. The summed E-state index contributed by atoms with van der Waals surface area (Å²) >= 11 is 0. The zero-order valence-corrected chi connectivity index (χ0v) is 13.8. The van der Waals surface area contributed by atoms with Crippen LogP contribution in [0.15, 0.2) is 0 Å². The second kappa shape index (κ2) is 7.10. The first-order valence-electron chi connectivity index (χ1n) is 8.69. The van der Waals surface area contributed by atoms with Crippen molar-refractivity contribution in [1.82, 2.24) is 25.0 Å². The van der Waals surface area contributed by atoms with E-state index in [1.807, 2.05) is 4.90 Å². The molecule has 0 spiro atoms. The van der Waals surface area contributed by atoms with Gasteiger partial charge in [-0.05, 0) is 25.7 Å². The van der Waals surface area contributed by atoms with Crippen LogP contribution in [0, 0.1) is 0 Å². The number of rotatable bonds is 4. The Morgan fingerprint density at radius 2 is 2.04 bits per heavy atom. The van der Waals surface area contributed by atoms with Crippen molar-refractivity contribution in [2.24, 2.45) is 0 Å². The van der Waals surface area contributed by atoms with Crippen molar-refractivity contribution in [1.29, 1.82) is 0 Å². The summed E-state index contributed by atoms with van der Waals surface area (Å²) in [7, 11) is 0. The maximum Gasteiger partial charge on any atom is 0.242 e. The Bertz CT molecular complexity index is 583. The van der Waals surface area contributed by atoms with Gasteiger partial charge in [0.2, 0.25) is 11.8 Å². The van der Waals surface area contributed by atoms with Crippen molar-refractivity contribution in [3.63, 3.8) is 0 Å². The molecule has 7 heteroatoms. The lowest BCUT2D eigenvalue weighted by Crippen LogP contribution is -2.40. The Hall–Kier alpha value is -1.92. The normalized spacial score (nSPS) is 20.9. The number of fused-ring (bicyclic) bond motifs is 1. The largest absolute Gasteiger partial charge is 0.347 e. The number of carbonyl (C=O) groups excluding carboxylic acids is 2. The molecule has 1 aromatic heterocycles. The molecule has 23 heavy (non-hydrogen) atoms. The molecule has 0 bridgehead atoms. The molecule has 0 aliphatic carbocycles. The van der Waals surface area contributed by atoms with E-state index in [2.05, 4.69) is 20.1 Å². The first-order valence-corrected chi connectivity index (χ1v) is 8.69. The Kier molecular flexibility index (Phi) is 4.93. The van der Waals surface area contributed by atoms with Crippen LogP contribution < -0.4 is 5.32 Å². The van der Waals surface area contributed by atoms with Gasteiger partial charge < -0.3 is 14.8 Å². The monoisotopic (exact) mass is 319 g/mol. The average molecular weight is 319 g/mol. The summed E-state index contributed by atoms with van der Waals surface area (Å²) in [5.41, 5.74) is 0. The summed E-state index contributed by atoms with van der Waals surface area (Å²) in [5.74, 6) is 1.86. The van der Waals surface area contributed by atoms with Crippen LogP contribution in [0.5, 0.6) is 0 Å². The molecule has 1 aromatic rings. The predicted molar refractivity (Wildman–Crippen MR) is 84.6 cm³/mol. The zero-order valence-electron chi connectivity index (χ0n) is 13.8. The number of nitrogens with one attached hydrogen (secondary N) is 1. The van der Waals surface area contributed by atoms with E-state index in [-0.39, 0.29) is 24.4 Å². The maximum absolute atomic E-state index is 12.5. The fourth-order valence-electron chi connectivity index (χ4n) is 3.49. The maximum atomic E-state index is 12.5. The van der Waals surface area contributed by atoms with E-state index in [4.69, 9.17) is 0 Å². The molecule has 126 valence electrons. The molecule has 2 aliphatic heterocycles. The van der Waals surface area contributed by atoms with Gasteiger partial charge in [0.05, 0.1) is 12.6 Å². The average Bonchev–Trinajstić information content (AvgIpc) is 3.13. The van der Waals surface area contributed by atoms with Crippen molar-refractivity contribution in [3.05, 3.63) is 11.6 Å². The van der Waals surface area contributed by atoms with Gasteiger partial charge in [-0.1, -0.05) is 13.3 Å². The highest BCUT2D eigenvalue weighted by Gasteiger charge is 2.34. The van der Waals surface area contributed by atoms with Crippen LogP contribution in [-0.4, -0.2) is 44.6 Å². The van der Waals surface area contributed by atoms with Crippen LogP contribution in [0.2, 0.25) is 0 Å². The fraction of sp³-hybridized carbons (Fsp3) is 0.750. The molecule has 2 aliphatic rings. The molecule has 2 amide bonds. The van der Waals surface area contributed by atoms with E-state index in [0.717, 1.165) is 56.8 Å². The number of aromatic nitrogens is 3. The third kappa shape index (κ3) is 3.38. The number of carbonyl (C=O) groups is 2. The van der Waals surface area contributed by atoms with Crippen LogP contribution in [0.25, 0.3) is 0 Å². The Morgan fingerprint density at radius 3 is 2.87 bits per heavy atom. The third-order valence-corrected chi connectivity index (χ3v) is 4.77. The van der Waals surface area contributed by atoms with Crippen molar-refractivity contribution in [2.45, 2.75) is 64.5 Å². The molecule has 1 unspecified atom stereocenters. The highest BCUT2D eigenvalue weighted by Crippen LogP contribution is 2.32. The van der Waals surface area contributed by atoms with Crippen molar-refractivity contribution in [2.75, 3.05) is 13.1 Å². The van der Waals surface area contributed by atoms with Crippen LogP contribution in [0.3, 0.4) is 0 Å². The van der Waals surface area contributed by atoms with E-state index in [9.17, 15) is 9.59 Å². The van der Waals surface area contributed by atoms with Gasteiger partial charge in [-0.2, -0.15) is 0 Å². The zero-order chi connectivity index (χ0) is 16.2. The molecule has 0 aromatic carbocycles. The molecule has 1 fully saturated rings. The molecule has 1 atom stereocenters. The van der Waals surface area contributed by atoms with E-state index in [1.165, 1.54) is 6.42 Å². The van der Waals surface area contributed by atoms with Crippen LogP contribution in [-0.2, 0) is 22.6 Å². The van der Waals surface area contributed by atoms with Crippen LogP contribution in [0.1, 0.15) is 63.1 Å². The molecule has 0 radical (unpaired) electrons. The first kappa shape index (κ1) is 16.0. The minimum Gasteiger partial charge on any atom is -0.347 e. The second-order valence-corrected chi connectivity index (χ2v) is 6.31. The predicted octanol–water partition coefficient (Wildman–Crippen LogP) is 1.19. The van der Waals surface area contributed by atoms with Gasteiger partial charge in [-0.15, -0.1) is 10.2 Å². The number of nitrogens with zero attached hydrogens (tertiary/aromatic N) is 4. The van der Waals surface area contributed by atoms with Gasteiger partial charge in [0, 0.05) is 25.9 Å². The van der Waals surface area contributed by atoms with Crippen molar-refractivity contribution < 1.29 is 9.59 Å². The Morgan fingerprint density at radius 1 is 1.17 bits per heavy atom. The summed E-state index contributed by atoms with van der Waals surface area (Å²) in [6.07, 6.45) is 6.79. The number of hydrogen-bond donors (Lipinski definition) is 1. The molecule has 1 saturated heterocycles. The molecule has 7 nitrogen and oxygen atoms in total. The quantitative estimate of drug-likeness (QED) is 0.904. The molecular weight excluding hydrogens is 294 g/mol. The van der Waals surface area contributed by atoms with E-state index < -0.39 is 0 Å². The summed E-state index contributed by atoms with van der Waals surface area (Å²) in [6, 6.07) is 0.000351. The first-order chi connectivity index (χ1) is 11.2. The van der Waals surface area contributed by atoms with Gasteiger partial charge in [0.1, 0.15) is 5.82 Å². The molecular formula is C16H25N5O2. The van der Waals surface area contributed by atoms with Gasteiger partial charge >= 0.3 is 0 Å². The van der Waals surface area contributed by atoms with Gasteiger partial charge in [0.25, 0.3) is 0 Å². The van der Waals surface area contributed by atoms with Crippen molar-refractivity contribution >= 4 is 11.8 Å². The van der Waals surface area contributed by atoms with E-state index >= 15 is 0 Å². The lowest BCUT2D eigenvalue weighted by molar-refractivity contribution is -0.133. The highest BCUT2D eigenvalue weighted by atomic mass is 16.2. The summed E-state index contributed by atoms with van der Waals surface area (Å²) in [5, 5.41) is 11.4.